The third-order valence-corrected chi connectivity index (χ3v) is 5.16. The SMILES string of the molecule is CCc1cccc(C)c1NC(=O)C(c1ccccc1)N(C)C(=O)c1ccccc1F. The van der Waals surface area contributed by atoms with Gasteiger partial charge in [0, 0.05) is 12.7 Å². The van der Waals surface area contributed by atoms with Crippen molar-refractivity contribution in [1.82, 2.24) is 4.90 Å². The van der Waals surface area contributed by atoms with Gasteiger partial charge in [-0.15, -0.1) is 0 Å². The van der Waals surface area contributed by atoms with Gasteiger partial charge in [0.15, 0.2) is 0 Å². The van der Waals surface area contributed by atoms with Gasteiger partial charge in [0.2, 0.25) is 0 Å². The lowest BCUT2D eigenvalue weighted by molar-refractivity contribution is -0.120. The average Bonchev–Trinajstić information content (AvgIpc) is 2.76. The number of nitrogens with one attached hydrogen (secondary N) is 1. The van der Waals surface area contributed by atoms with Crippen LogP contribution in [0.5, 0.6) is 0 Å². The molecule has 0 saturated heterocycles. The van der Waals surface area contributed by atoms with Crippen LogP contribution in [0.4, 0.5) is 10.1 Å². The molecule has 1 atom stereocenters. The molecule has 0 aliphatic rings. The van der Waals surface area contributed by atoms with E-state index in [2.05, 4.69) is 5.32 Å². The number of aryl methyl sites for hydroxylation is 2. The maximum atomic E-state index is 14.2. The van der Waals surface area contributed by atoms with Crippen LogP contribution in [-0.2, 0) is 11.2 Å². The zero-order valence-corrected chi connectivity index (χ0v) is 17.4. The zero-order chi connectivity index (χ0) is 21.7. The number of likely N-dealkylation sites (N-methyl/N-ethyl adjacent to an activating group) is 1. The molecule has 0 aliphatic heterocycles. The molecule has 4 nitrogen and oxygen atoms in total. The number of carbonyl (C=O) groups is 2. The van der Waals surface area contributed by atoms with Crippen LogP contribution in [0.25, 0.3) is 0 Å². The monoisotopic (exact) mass is 404 g/mol. The number of para-hydroxylation sites is 1. The van der Waals surface area contributed by atoms with Crippen molar-refractivity contribution in [2.24, 2.45) is 0 Å². The summed E-state index contributed by atoms with van der Waals surface area (Å²) in [6.07, 6.45) is 0.761. The predicted molar refractivity (Wildman–Crippen MR) is 117 cm³/mol. The summed E-state index contributed by atoms with van der Waals surface area (Å²) in [6.45, 7) is 3.95. The van der Waals surface area contributed by atoms with Crippen molar-refractivity contribution in [2.45, 2.75) is 26.3 Å². The van der Waals surface area contributed by atoms with Gasteiger partial charge >= 0.3 is 0 Å². The molecule has 3 aromatic carbocycles. The highest BCUT2D eigenvalue weighted by molar-refractivity contribution is 6.02. The smallest absolute Gasteiger partial charge is 0.257 e. The molecule has 0 radical (unpaired) electrons. The second kappa shape index (κ2) is 9.35. The highest BCUT2D eigenvalue weighted by Crippen LogP contribution is 2.27. The highest BCUT2D eigenvalue weighted by atomic mass is 19.1. The Labute approximate surface area is 176 Å². The first-order valence-corrected chi connectivity index (χ1v) is 9.90. The minimum Gasteiger partial charge on any atom is -0.325 e. The van der Waals surface area contributed by atoms with E-state index < -0.39 is 17.8 Å². The molecule has 0 aromatic heterocycles. The van der Waals surface area contributed by atoms with Crippen molar-refractivity contribution in [2.75, 3.05) is 12.4 Å². The lowest BCUT2D eigenvalue weighted by atomic mass is 10.0. The van der Waals surface area contributed by atoms with Crippen LogP contribution in [0.2, 0.25) is 0 Å². The van der Waals surface area contributed by atoms with Crippen molar-refractivity contribution < 1.29 is 14.0 Å². The van der Waals surface area contributed by atoms with Crippen molar-refractivity contribution in [3.05, 3.63) is 101 Å². The molecular weight excluding hydrogens is 379 g/mol. The first-order valence-electron chi connectivity index (χ1n) is 9.90. The number of carbonyl (C=O) groups excluding carboxylic acids is 2. The zero-order valence-electron chi connectivity index (χ0n) is 17.4. The van der Waals surface area contributed by atoms with Crippen LogP contribution >= 0.6 is 0 Å². The Morgan fingerprint density at radius 1 is 0.967 bits per heavy atom. The standard InChI is InChI=1S/C25H25FN2O2/c1-4-18-14-10-11-17(2)22(18)27-24(29)23(19-12-6-5-7-13-19)28(3)25(30)20-15-8-9-16-21(20)26/h5-16,23H,4H2,1-3H3,(H,27,29). The van der Waals surface area contributed by atoms with Crippen molar-refractivity contribution >= 4 is 17.5 Å². The van der Waals surface area contributed by atoms with Crippen LogP contribution in [0, 0.1) is 12.7 Å². The van der Waals surface area contributed by atoms with Crippen molar-refractivity contribution in [3.8, 4) is 0 Å². The molecule has 154 valence electrons. The molecular formula is C25H25FN2O2. The van der Waals surface area contributed by atoms with E-state index in [1.165, 1.54) is 30.1 Å². The Bertz CT molecular complexity index is 1050. The maximum absolute atomic E-state index is 14.2. The van der Waals surface area contributed by atoms with E-state index in [4.69, 9.17) is 0 Å². The Hall–Kier alpha value is -3.47. The molecule has 5 heteroatoms. The fraction of sp³-hybridized carbons (Fsp3) is 0.200. The third kappa shape index (κ3) is 4.40. The number of anilines is 1. The molecule has 3 aromatic rings. The summed E-state index contributed by atoms with van der Waals surface area (Å²) < 4.78 is 14.2. The normalized spacial score (nSPS) is 11.6. The molecule has 0 spiro atoms. The molecule has 30 heavy (non-hydrogen) atoms. The molecule has 0 bridgehead atoms. The number of halogens is 1. The van der Waals surface area contributed by atoms with Gasteiger partial charge in [-0.3, -0.25) is 9.59 Å². The van der Waals surface area contributed by atoms with Crippen LogP contribution in [0.1, 0.15) is 40.0 Å². The van der Waals surface area contributed by atoms with Gasteiger partial charge in [-0.1, -0.05) is 67.6 Å². The summed E-state index contributed by atoms with van der Waals surface area (Å²) in [5.74, 6) is -1.52. The summed E-state index contributed by atoms with van der Waals surface area (Å²) in [5.41, 5.74) is 3.28. The summed E-state index contributed by atoms with van der Waals surface area (Å²) >= 11 is 0. The molecule has 0 aliphatic carbocycles. The predicted octanol–water partition coefficient (Wildman–Crippen LogP) is 5.15. The number of nitrogens with zero attached hydrogens (tertiary/aromatic N) is 1. The number of hydrogen-bond acceptors (Lipinski definition) is 2. The number of hydrogen-bond donors (Lipinski definition) is 1. The van der Waals surface area contributed by atoms with Crippen molar-refractivity contribution in [3.63, 3.8) is 0 Å². The minimum absolute atomic E-state index is 0.0705. The molecule has 3 rings (SSSR count). The molecule has 1 unspecified atom stereocenters. The quantitative estimate of drug-likeness (QED) is 0.618. The van der Waals surface area contributed by atoms with E-state index in [-0.39, 0.29) is 11.5 Å². The van der Waals surface area contributed by atoms with Gasteiger partial charge in [0.25, 0.3) is 11.8 Å². The second-order valence-electron chi connectivity index (χ2n) is 7.16. The summed E-state index contributed by atoms with van der Waals surface area (Å²) in [4.78, 5) is 27.7. The van der Waals surface area contributed by atoms with Gasteiger partial charge in [-0.2, -0.15) is 0 Å². The van der Waals surface area contributed by atoms with E-state index in [1.54, 1.807) is 18.2 Å². The van der Waals surface area contributed by atoms with Crippen LogP contribution < -0.4 is 5.32 Å². The fourth-order valence-electron chi connectivity index (χ4n) is 3.52. The molecule has 2 amide bonds. The van der Waals surface area contributed by atoms with E-state index in [0.29, 0.717) is 5.56 Å². The van der Waals surface area contributed by atoms with E-state index in [0.717, 1.165) is 23.2 Å². The Balaban J connectivity index is 1.99. The lowest BCUT2D eigenvalue weighted by Gasteiger charge is -2.28. The minimum atomic E-state index is -0.914. The van der Waals surface area contributed by atoms with Gasteiger partial charge in [-0.25, -0.2) is 4.39 Å². The average molecular weight is 404 g/mol. The van der Waals surface area contributed by atoms with E-state index in [1.807, 2.05) is 50.2 Å². The van der Waals surface area contributed by atoms with E-state index in [9.17, 15) is 14.0 Å². The molecule has 0 saturated carbocycles. The first kappa shape index (κ1) is 21.2. The van der Waals surface area contributed by atoms with Crippen LogP contribution in [-0.4, -0.2) is 23.8 Å². The Morgan fingerprint density at radius 3 is 2.30 bits per heavy atom. The first-order chi connectivity index (χ1) is 14.4. The van der Waals surface area contributed by atoms with Gasteiger partial charge in [0.05, 0.1) is 5.56 Å². The number of benzene rings is 3. The lowest BCUT2D eigenvalue weighted by Crippen LogP contribution is -2.39. The third-order valence-electron chi connectivity index (χ3n) is 5.16. The number of amides is 2. The summed E-state index contributed by atoms with van der Waals surface area (Å²) in [6, 6.07) is 19.7. The summed E-state index contributed by atoms with van der Waals surface area (Å²) in [5, 5.41) is 3.00. The van der Waals surface area contributed by atoms with Gasteiger partial charge in [0.1, 0.15) is 11.9 Å². The highest BCUT2D eigenvalue weighted by Gasteiger charge is 2.30. The molecule has 0 heterocycles. The van der Waals surface area contributed by atoms with Gasteiger partial charge < -0.3 is 10.2 Å². The summed E-state index contributed by atoms with van der Waals surface area (Å²) in [7, 11) is 1.52. The van der Waals surface area contributed by atoms with Crippen LogP contribution in [0.3, 0.4) is 0 Å². The Kier molecular flexibility index (Phi) is 6.62. The topological polar surface area (TPSA) is 49.4 Å². The van der Waals surface area contributed by atoms with Crippen molar-refractivity contribution in [1.29, 1.82) is 0 Å². The van der Waals surface area contributed by atoms with E-state index >= 15 is 0 Å². The second-order valence-corrected chi connectivity index (χ2v) is 7.16. The van der Waals surface area contributed by atoms with Crippen LogP contribution in [0.15, 0.2) is 72.8 Å². The fourth-order valence-corrected chi connectivity index (χ4v) is 3.52. The maximum Gasteiger partial charge on any atom is 0.257 e. The van der Waals surface area contributed by atoms with Gasteiger partial charge in [-0.05, 0) is 42.2 Å². The number of rotatable bonds is 6. The largest absolute Gasteiger partial charge is 0.325 e. The Morgan fingerprint density at radius 2 is 1.63 bits per heavy atom. The molecule has 1 N–H and O–H groups in total. The molecule has 0 fully saturated rings.